The number of methoxy groups -OCH3 is 1. The van der Waals surface area contributed by atoms with E-state index in [-0.39, 0.29) is 12.0 Å². The minimum atomic E-state index is -0.527. The first kappa shape index (κ1) is 24.8. The van der Waals surface area contributed by atoms with E-state index in [1.807, 2.05) is 31.2 Å². The van der Waals surface area contributed by atoms with Crippen LogP contribution in [0.4, 0.5) is 0 Å². The van der Waals surface area contributed by atoms with Gasteiger partial charge in [-0.05, 0) is 25.0 Å². The van der Waals surface area contributed by atoms with E-state index in [4.69, 9.17) is 14.2 Å². The van der Waals surface area contributed by atoms with Crippen molar-refractivity contribution >= 4 is 5.91 Å². The fraction of sp³-hybridized carbons (Fsp3) is 0.696. The average molecular weight is 423 g/mol. The highest BCUT2D eigenvalue weighted by Crippen LogP contribution is 2.12. The Morgan fingerprint density at radius 3 is 2.70 bits per heavy atom. The topological polar surface area (TPSA) is 71.5 Å². The first-order chi connectivity index (χ1) is 14.4. The zero-order valence-electron chi connectivity index (χ0n) is 18.9. The Kier molecular flexibility index (Phi) is 10.7. The molecule has 0 spiro atoms. The lowest BCUT2D eigenvalue weighted by molar-refractivity contribution is -0.0605. The Morgan fingerprint density at radius 2 is 2.03 bits per heavy atom. The van der Waals surface area contributed by atoms with Gasteiger partial charge in [-0.2, -0.15) is 0 Å². The number of ether oxygens (including phenoxy) is 3. The van der Waals surface area contributed by atoms with Gasteiger partial charge in [-0.15, -0.1) is 0 Å². The second kappa shape index (κ2) is 13.0. The van der Waals surface area contributed by atoms with Crippen LogP contribution in [0.5, 0.6) is 0 Å². The number of nitrogens with zero attached hydrogens (tertiary/aromatic N) is 2. The highest BCUT2D eigenvalue weighted by Gasteiger charge is 2.26. The lowest BCUT2D eigenvalue weighted by atomic mass is 10.1. The van der Waals surface area contributed by atoms with Gasteiger partial charge in [0, 0.05) is 52.0 Å². The normalized spacial score (nSPS) is 18.5. The molecule has 1 fully saturated rings. The predicted molar refractivity (Wildman–Crippen MR) is 117 cm³/mol. The van der Waals surface area contributed by atoms with Crippen molar-refractivity contribution in [2.75, 3.05) is 66.3 Å². The van der Waals surface area contributed by atoms with Crippen LogP contribution in [0.3, 0.4) is 0 Å². The Morgan fingerprint density at radius 1 is 1.30 bits per heavy atom. The smallest absolute Gasteiger partial charge is 0.254 e. The number of hydrogen-bond donors (Lipinski definition) is 1. The molecule has 1 N–H and O–H groups in total. The van der Waals surface area contributed by atoms with E-state index in [2.05, 4.69) is 18.7 Å². The minimum absolute atomic E-state index is 0.0186. The molecule has 0 aromatic heterocycles. The van der Waals surface area contributed by atoms with Crippen LogP contribution in [0.1, 0.15) is 29.8 Å². The molecule has 2 rings (SSSR count). The number of aliphatic hydroxyl groups is 1. The largest absolute Gasteiger partial charge is 0.389 e. The second-order valence-electron chi connectivity index (χ2n) is 8.45. The molecule has 1 amide bonds. The zero-order valence-corrected chi connectivity index (χ0v) is 18.9. The van der Waals surface area contributed by atoms with Gasteiger partial charge in [0.1, 0.15) is 0 Å². The summed E-state index contributed by atoms with van der Waals surface area (Å²) in [6, 6.07) is 7.62. The fourth-order valence-corrected chi connectivity index (χ4v) is 3.45. The molecule has 0 unspecified atom stereocenters. The predicted octanol–water partition coefficient (Wildman–Crippen LogP) is 1.82. The summed E-state index contributed by atoms with van der Waals surface area (Å²) in [5.74, 6) is 0.434. The molecule has 1 saturated heterocycles. The first-order valence-corrected chi connectivity index (χ1v) is 10.8. The van der Waals surface area contributed by atoms with E-state index in [0.717, 1.165) is 12.1 Å². The minimum Gasteiger partial charge on any atom is -0.389 e. The van der Waals surface area contributed by atoms with Crippen LogP contribution in [0, 0.1) is 12.8 Å². The average Bonchev–Trinajstić information content (AvgIpc) is 2.71. The number of β-amino-alcohol motifs (C(OH)–C–C–N with tert-alkyl or cyclic N) is 1. The summed E-state index contributed by atoms with van der Waals surface area (Å²) in [4.78, 5) is 17.0. The van der Waals surface area contributed by atoms with Crippen molar-refractivity contribution in [2.45, 2.75) is 33.0 Å². The summed E-state index contributed by atoms with van der Waals surface area (Å²) in [5, 5.41) is 10.3. The van der Waals surface area contributed by atoms with Gasteiger partial charge in [0.2, 0.25) is 0 Å². The van der Waals surface area contributed by atoms with Crippen molar-refractivity contribution in [3.63, 3.8) is 0 Å². The van der Waals surface area contributed by atoms with Crippen LogP contribution < -0.4 is 0 Å². The Balaban J connectivity index is 1.89. The van der Waals surface area contributed by atoms with Crippen molar-refractivity contribution in [2.24, 2.45) is 5.92 Å². The summed E-state index contributed by atoms with van der Waals surface area (Å²) >= 11 is 0. The number of rotatable bonds is 12. The number of aryl methyl sites for hydroxylation is 1. The quantitative estimate of drug-likeness (QED) is 0.554. The third-order valence-corrected chi connectivity index (χ3v) is 5.03. The standard InChI is InChI=1S/C23H38N2O5/c1-18(2)16-29-17-21(26)13-24-9-12-30-22(14-24)15-25(10-11-28-4)23(27)20-7-5-19(3)6-8-20/h5-8,18,21-22,26H,9-17H2,1-4H3/t21-,22+/m1/s1. The maximum absolute atomic E-state index is 13.0. The van der Waals surface area contributed by atoms with Crippen molar-refractivity contribution in [1.29, 1.82) is 0 Å². The molecule has 1 heterocycles. The number of morpholine rings is 1. The Bertz CT molecular complexity index is 623. The number of carbonyl (C=O) groups is 1. The molecule has 1 aromatic carbocycles. The molecule has 1 aliphatic rings. The van der Waals surface area contributed by atoms with Crippen LogP contribution in [-0.2, 0) is 14.2 Å². The van der Waals surface area contributed by atoms with Crippen LogP contribution in [0.15, 0.2) is 24.3 Å². The summed E-state index contributed by atoms with van der Waals surface area (Å²) in [6.07, 6.45) is -0.630. The monoisotopic (exact) mass is 422 g/mol. The van der Waals surface area contributed by atoms with Gasteiger partial charge >= 0.3 is 0 Å². The Labute approximate surface area is 180 Å². The molecule has 0 aliphatic carbocycles. The molecule has 1 aromatic rings. The Hall–Kier alpha value is -1.51. The highest BCUT2D eigenvalue weighted by atomic mass is 16.5. The molecular weight excluding hydrogens is 384 g/mol. The van der Waals surface area contributed by atoms with Crippen LogP contribution >= 0.6 is 0 Å². The molecule has 170 valence electrons. The van der Waals surface area contributed by atoms with Crippen molar-refractivity contribution in [3.8, 4) is 0 Å². The third-order valence-electron chi connectivity index (χ3n) is 5.03. The number of aliphatic hydroxyl groups excluding tert-OH is 1. The van der Waals surface area contributed by atoms with E-state index in [9.17, 15) is 9.90 Å². The van der Waals surface area contributed by atoms with E-state index in [1.165, 1.54) is 0 Å². The fourth-order valence-electron chi connectivity index (χ4n) is 3.45. The molecule has 7 nitrogen and oxygen atoms in total. The van der Waals surface area contributed by atoms with E-state index < -0.39 is 6.10 Å². The lowest BCUT2D eigenvalue weighted by Gasteiger charge is -2.36. The maximum atomic E-state index is 13.0. The van der Waals surface area contributed by atoms with Crippen LogP contribution in [0.2, 0.25) is 0 Å². The molecule has 0 saturated carbocycles. The second-order valence-corrected chi connectivity index (χ2v) is 8.45. The SMILES string of the molecule is COCCN(C[C@@H]1CN(C[C@@H](O)COCC(C)C)CCO1)C(=O)c1ccc(C)cc1. The van der Waals surface area contributed by atoms with Gasteiger partial charge in [0.05, 0.1) is 32.0 Å². The molecule has 0 radical (unpaired) electrons. The van der Waals surface area contributed by atoms with Gasteiger partial charge in [-0.25, -0.2) is 0 Å². The molecular formula is C23H38N2O5. The summed E-state index contributed by atoms with van der Waals surface area (Å²) in [6.45, 7) is 11.2. The summed E-state index contributed by atoms with van der Waals surface area (Å²) < 4.78 is 16.7. The molecule has 7 heteroatoms. The van der Waals surface area contributed by atoms with Gasteiger partial charge in [0.15, 0.2) is 0 Å². The summed E-state index contributed by atoms with van der Waals surface area (Å²) in [7, 11) is 1.64. The first-order valence-electron chi connectivity index (χ1n) is 10.8. The van der Waals surface area contributed by atoms with Crippen LogP contribution in [0.25, 0.3) is 0 Å². The maximum Gasteiger partial charge on any atom is 0.254 e. The molecule has 30 heavy (non-hydrogen) atoms. The third kappa shape index (κ3) is 8.70. The van der Waals surface area contributed by atoms with Gasteiger partial charge < -0.3 is 24.2 Å². The zero-order chi connectivity index (χ0) is 21.9. The van der Waals surface area contributed by atoms with Gasteiger partial charge in [-0.3, -0.25) is 9.69 Å². The molecule has 1 aliphatic heterocycles. The number of amides is 1. The van der Waals surface area contributed by atoms with E-state index in [0.29, 0.717) is 64.1 Å². The number of carbonyl (C=O) groups excluding carboxylic acids is 1. The van der Waals surface area contributed by atoms with Gasteiger partial charge in [0.25, 0.3) is 5.91 Å². The van der Waals surface area contributed by atoms with Crippen LogP contribution in [-0.4, -0.2) is 99.3 Å². The van der Waals surface area contributed by atoms with E-state index >= 15 is 0 Å². The lowest BCUT2D eigenvalue weighted by Crippen LogP contribution is -2.51. The molecule has 2 atom stereocenters. The number of hydrogen-bond acceptors (Lipinski definition) is 6. The highest BCUT2D eigenvalue weighted by molar-refractivity contribution is 5.94. The van der Waals surface area contributed by atoms with Crippen molar-refractivity contribution in [3.05, 3.63) is 35.4 Å². The summed E-state index contributed by atoms with van der Waals surface area (Å²) in [5.41, 5.74) is 1.79. The van der Waals surface area contributed by atoms with Crippen molar-refractivity contribution < 1.29 is 24.1 Å². The van der Waals surface area contributed by atoms with E-state index in [1.54, 1.807) is 12.0 Å². The van der Waals surface area contributed by atoms with Crippen molar-refractivity contribution in [1.82, 2.24) is 9.80 Å². The van der Waals surface area contributed by atoms with Gasteiger partial charge in [-0.1, -0.05) is 31.5 Å². The molecule has 0 bridgehead atoms. The number of benzene rings is 1.